The van der Waals surface area contributed by atoms with Crippen molar-refractivity contribution in [2.24, 2.45) is 0 Å². The lowest BCUT2D eigenvalue weighted by atomic mass is 10.2. The zero-order valence-corrected chi connectivity index (χ0v) is 9.58. The number of carbonyl (C=O) groups is 1. The largest absolute Gasteiger partial charge is 0.488 e. The van der Waals surface area contributed by atoms with E-state index in [1.807, 2.05) is 0 Å². The Morgan fingerprint density at radius 2 is 2.24 bits per heavy atom. The summed E-state index contributed by atoms with van der Waals surface area (Å²) >= 11 is 0. The van der Waals surface area contributed by atoms with Gasteiger partial charge >= 0.3 is 0 Å². The summed E-state index contributed by atoms with van der Waals surface area (Å²) in [6.07, 6.45) is 0.294. The van der Waals surface area contributed by atoms with Crippen molar-refractivity contribution in [1.29, 1.82) is 0 Å². The van der Waals surface area contributed by atoms with Gasteiger partial charge in [0.15, 0.2) is 6.29 Å². The van der Waals surface area contributed by atoms with Crippen molar-refractivity contribution >= 4 is 12.0 Å². The van der Waals surface area contributed by atoms with Gasteiger partial charge in [0.1, 0.15) is 11.9 Å². The molecular weight excluding hydrogens is 226 g/mol. The fourth-order valence-electron chi connectivity index (χ4n) is 1.33. The van der Waals surface area contributed by atoms with Crippen molar-refractivity contribution in [2.75, 3.05) is 13.7 Å². The van der Waals surface area contributed by atoms with Gasteiger partial charge < -0.3 is 9.47 Å². The van der Waals surface area contributed by atoms with Gasteiger partial charge in [0.2, 0.25) is 0 Å². The van der Waals surface area contributed by atoms with Gasteiger partial charge in [-0.15, -0.1) is 0 Å². The topological polar surface area (TPSA) is 78.7 Å². The van der Waals surface area contributed by atoms with Gasteiger partial charge in [-0.2, -0.15) is 0 Å². The second-order valence-corrected chi connectivity index (χ2v) is 3.48. The van der Waals surface area contributed by atoms with Crippen LogP contribution in [0.4, 0.5) is 5.69 Å². The number of hydrogen-bond donors (Lipinski definition) is 0. The summed E-state index contributed by atoms with van der Waals surface area (Å²) < 4.78 is 10.3. The van der Waals surface area contributed by atoms with E-state index in [4.69, 9.17) is 9.47 Å². The Kier molecular flexibility index (Phi) is 4.59. The van der Waals surface area contributed by atoms with Crippen molar-refractivity contribution in [2.45, 2.75) is 13.0 Å². The minimum absolute atomic E-state index is 0.140. The SMILES string of the molecule is COCC(C)Oc1ccc([N+](=O)[O-])cc1C=O. The fourth-order valence-corrected chi connectivity index (χ4v) is 1.33. The van der Waals surface area contributed by atoms with E-state index < -0.39 is 4.92 Å². The first kappa shape index (κ1) is 13.1. The number of hydrogen-bond acceptors (Lipinski definition) is 5. The number of aldehydes is 1. The summed E-state index contributed by atoms with van der Waals surface area (Å²) in [5.74, 6) is 0.315. The molecule has 6 nitrogen and oxygen atoms in total. The van der Waals surface area contributed by atoms with Crippen LogP contribution in [0.1, 0.15) is 17.3 Å². The minimum Gasteiger partial charge on any atom is -0.488 e. The van der Waals surface area contributed by atoms with Crippen LogP contribution in [0.15, 0.2) is 18.2 Å². The predicted octanol–water partition coefficient (Wildman–Crippen LogP) is 1.82. The smallest absolute Gasteiger partial charge is 0.270 e. The number of nitrogens with zero attached hydrogens (tertiary/aromatic N) is 1. The summed E-state index contributed by atoms with van der Waals surface area (Å²) in [6.45, 7) is 2.15. The van der Waals surface area contributed by atoms with Crippen LogP contribution in [0.5, 0.6) is 5.75 Å². The lowest BCUT2D eigenvalue weighted by Crippen LogP contribution is -2.18. The van der Waals surface area contributed by atoms with Crippen LogP contribution in [0, 0.1) is 10.1 Å². The number of rotatable bonds is 6. The van der Waals surface area contributed by atoms with Crippen LogP contribution in [0.25, 0.3) is 0 Å². The summed E-state index contributed by atoms with van der Waals surface area (Å²) in [5.41, 5.74) is 0.0148. The van der Waals surface area contributed by atoms with E-state index in [0.29, 0.717) is 18.6 Å². The van der Waals surface area contributed by atoms with E-state index in [2.05, 4.69) is 0 Å². The molecule has 17 heavy (non-hydrogen) atoms. The van der Waals surface area contributed by atoms with Crippen LogP contribution in [0.3, 0.4) is 0 Å². The molecule has 0 aromatic heterocycles. The van der Waals surface area contributed by atoms with Crippen LogP contribution >= 0.6 is 0 Å². The maximum absolute atomic E-state index is 10.8. The number of ether oxygens (including phenoxy) is 2. The molecular formula is C11H13NO5. The highest BCUT2D eigenvalue weighted by Gasteiger charge is 2.13. The molecule has 0 aliphatic heterocycles. The quantitative estimate of drug-likeness (QED) is 0.430. The van der Waals surface area contributed by atoms with E-state index >= 15 is 0 Å². The van der Waals surface area contributed by atoms with E-state index in [1.165, 1.54) is 25.3 Å². The highest BCUT2D eigenvalue weighted by molar-refractivity contribution is 5.80. The molecule has 0 aliphatic carbocycles. The molecule has 0 radical (unpaired) electrons. The van der Waals surface area contributed by atoms with Gasteiger partial charge in [-0.3, -0.25) is 14.9 Å². The van der Waals surface area contributed by atoms with Crippen LogP contribution in [-0.4, -0.2) is 31.0 Å². The Morgan fingerprint density at radius 3 is 2.76 bits per heavy atom. The van der Waals surface area contributed by atoms with Gasteiger partial charge in [-0.1, -0.05) is 0 Å². The maximum Gasteiger partial charge on any atom is 0.270 e. The lowest BCUT2D eigenvalue weighted by Gasteiger charge is -2.14. The van der Waals surface area contributed by atoms with Gasteiger partial charge in [-0.25, -0.2) is 0 Å². The molecule has 0 aliphatic rings. The van der Waals surface area contributed by atoms with Crippen molar-refractivity contribution in [3.8, 4) is 5.75 Å². The second-order valence-electron chi connectivity index (χ2n) is 3.48. The van der Waals surface area contributed by atoms with E-state index in [9.17, 15) is 14.9 Å². The highest BCUT2D eigenvalue weighted by atomic mass is 16.6. The minimum atomic E-state index is -0.560. The average Bonchev–Trinajstić information content (AvgIpc) is 2.29. The molecule has 0 heterocycles. The molecule has 0 bridgehead atoms. The molecule has 0 fully saturated rings. The third-order valence-corrected chi connectivity index (χ3v) is 2.06. The van der Waals surface area contributed by atoms with Crippen molar-refractivity contribution in [3.05, 3.63) is 33.9 Å². The Bertz CT molecular complexity index is 418. The summed E-state index contributed by atoms with van der Waals surface area (Å²) in [7, 11) is 1.54. The number of non-ortho nitro benzene ring substituents is 1. The maximum atomic E-state index is 10.8. The molecule has 0 N–H and O–H groups in total. The predicted molar refractivity (Wildman–Crippen MR) is 60.4 cm³/mol. The lowest BCUT2D eigenvalue weighted by molar-refractivity contribution is -0.384. The fraction of sp³-hybridized carbons (Fsp3) is 0.364. The van der Waals surface area contributed by atoms with Gasteiger partial charge in [0.25, 0.3) is 5.69 Å². The van der Waals surface area contributed by atoms with E-state index in [0.717, 1.165) is 0 Å². The Morgan fingerprint density at radius 1 is 1.53 bits per heavy atom. The van der Waals surface area contributed by atoms with E-state index in [-0.39, 0.29) is 17.4 Å². The Hall–Kier alpha value is -1.95. The number of nitro groups is 1. The van der Waals surface area contributed by atoms with Gasteiger partial charge in [0.05, 0.1) is 17.1 Å². The molecule has 1 aromatic rings. The zero-order valence-electron chi connectivity index (χ0n) is 9.58. The molecule has 0 saturated carbocycles. The third-order valence-electron chi connectivity index (χ3n) is 2.06. The molecule has 1 atom stereocenters. The monoisotopic (exact) mass is 239 g/mol. The first-order valence-corrected chi connectivity index (χ1v) is 4.97. The normalized spacial score (nSPS) is 11.9. The summed E-state index contributed by atoms with van der Waals surface area (Å²) in [6, 6.07) is 3.89. The van der Waals surface area contributed by atoms with Crippen LogP contribution in [0.2, 0.25) is 0 Å². The van der Waals surface area contributed by atoms with Crippen LogP contribution < -0.4 is 4.74 Å². The molecule has 92 valence electrons. The molecule has 0 saturated heterocycles. The number of benzene rings is 1. The molecule has 0 spiro atoms. The number of nitro benzene ring substituents is 1. The van der Waals surface area contributed by atoms with Crippen molar-refractivity contribution in [1.82, 2.24) is 0 Å². The summed E-state index contributed by atoms with van der Waals surface area (Å²) in [5, 5.41) is 10.5. The van der Waals surface area contributed by atoms with Crippen molar-refractivity contribution < 1.29 is 19.2 Å². The second kappa shape index (κ2) is 5.95. The molecule has 1 unspecified atom stereocenters. The first-order valence-electron chi connectivity index (χ1n) is 4.97. The summed E-state index contributed by atoms with van der Waals surface area (Å²) in [4.78, 5) is 20.8. The third kappa shape index (κ3) is 3.53. The number of carbonyl (C=O) groups excluding carboxylic acids is 1. The Balaban J connectivity index is 2.92. The standard InChI is InChI=1S/C11H13NO5/c1-8(7-16-2)17-11-4-3-10(12(14)15)5-9(11)6-13/h3-6,8H,7H2,1-2H3. The molecule has 1 aromatic carbocycles. The highest BCUT2D eigenvalue weighted by Crippen LogP contribution is 2.23. The first-order chi connectivity index (χ1) is 8.08. The van der Waals surface area contributed by atoms with E-state index in [1.54, 1.807) is 6.92 Å². The van der Waals surface area contributed by atoms with Gasteiger partial charge in [-0.05, 0) is 13.0 Å². The Labute approximate surface area is 98.3 Å². The van der Waals surface area contributed by atoms with Gasteiger partial charge in [0, 0.05) is 19.2 Å². The molecule has 6 heteroatoms. The van der Waals surface area contributed by atoms with Crippen molar-refractivity contribution in [3.63, 3.8) is 0 Å². The molecule has 1 rings (SSSR count). The zero-order chi connectivity index (χ0) is 12.8. The van der Waals surface area contributed by atoms with Crippen LogP contribution in [-0.2, 0) is 4.74 Å². The number of methoxy groups -OCH3 is 1. The average molecular weight is 239 g/mol. The molecule has 0 amide bonds.